The molecule has 0 radical (unpaired) electrons. The van der Waals surface area contributed by atoms with E-state index in [1.807, 2.05) is 50.2 Å². The molecule has 1 unspecified atom stereocenters. The quantitative estimate of drug-likeness (QED) is 0.706. The highest BCUT2D eigenvalue weighted by atomic mass is 16.2. The highest BCUT2D eigenvalue weighted by molar-refractivity contribution is 6.04. The van der Waals surface area contributed by atoms with E-state index in [9.17, 15) is 9.59 Å². The molecular weight excluding hydrogens is 362 g/mol. The maximum absolute atomic E-state index is 13.1. The number of aryl methyl sites for hydroxylation is 1. The summed E-state index contributed by atoms with van der Waals surface area (Å²) in [6, 6.07) is 15.9. The van der Waals surface area contributed by atoms with Gasteiger partial charge in [-0.05, 0) is 63.6 Å². The van der Waals surface area contributed by atoms with Gasteiger partial charge in [-0.1, -0.05) is 18.2 Å². The maximum atomic E-state index is 13.1. The lowest BCUT2D eigenvalue weighted by Gasteiger charge is -2.26. The Labute approximate surface area is 173 Å². The molecule has 5 nitrogen and oxygen atoms in total. The fourth-order valence-corrected chi connectivity index (χ4v) is 4.13. The third kappa shape index (κ3) is 4.29. The van der Waals surface area contributed by atoms with Crippen molar-refractivity contribution in [1.82, 2.24) is 0 Å². The molecule has 2 amide bonds. The Morgan fingerprint density at radius 1 is 1.00 bits per heavy atom. The summed E-state index contributed by atoms with van der Waals surface area (Å²) in [6.07, 6.45) is 0.263. The lowest BCUT2D eigenvalue weighted by Crippen LogP contribution is -2.37. The fourth-order valence-electron chi connectivity index (χ4n) is 4.13. The van der Waals surface area contributed by atoms with Crippen LogP contribution in [-0.4, -0.2) is 38.0 Å². The molecule has 0 spiro atoms. The average Bonchev–Trinajstić information content (AvgIpc) is 3.12. The van der Waals surface area contributed by atoms with Crippen molar-refractivity contribution in [3.63, 3.8) is 0 Å². The Bertz CT molecular complexity index is 862. The second-order valence-corrected chi connectivity index (χ2v) is 7.47. The molecule has 0 aliphatic carbocycles. The minimum atomic E-state index is -0.315. The van der Waals surface area contributed by atoms with Gasteiger partial charge in [0.2, 0.25) is 11.8 Å². The zero-order chi connectivity index (χ0) is 21.0. The molecule has 2 aromatic carbocycles. The van der Waals surface area contributed by atoms with Gasteiger partial charge in [-0.25, -0.2) is 0 Å². The van der Waals surface area contributed by atoms with Gasteiger partial charge in [0.15, 0.2) is 0 Å². The molecule has 5 heteroatoms. The number of hydrogen-bond donors (Lipinski definition) is 0. The summed E-state index contributed by atoms with van der Waals surface area (Å²) in [6.45, 7) is 11.2. The number of carbonyl (C=O) groups excluding carboxylic acids is 2. The van der Waals surface area contributed by atoms with Crippen molar-refractivity contribution in [1.29, 1.82) is 0 Å². The van der Waals surface area contributed by atoms with Crippen molar-refractivity contribution in [2.75, 3.05) is 40.9 Å². The second-order valence-electron chi connectivity index (χ2n) is 7.47. The normalized spacial score (nSPS) is 16.2. The number of benzene rings is 2. The van der Waals surface area contributed by atoms with Crippen molar-refractivity contribution >= 4 is 28.9 Å². The lowest BCUT2D eigenvalue weighted by molar-refractivity contribution is -0.124. The summed E-state index contributed by atoms with van der Waals surface area (Å²) in [5.41, 5.74) is 4.01. The third-order valence-electron chi connectivity index (χ3n) is 5.72. The Kier molecular flexibility index (Phi) is 6.57. The molecule has 1 atom stereocenters. The first kappa shape index (κ1) is 20.9. The van der Waals surface area contributed by atoms with E-state index in [1.54, 1.807) is 9.80 Å². The number of nitrogens with zero attached hydrogens (tertiary/aromatic N) is 3. The predicted octanol–water partition coefficient (Wildman–Crippen LogP) is 4.25. The monoisotopic (exact) mass is 393 g/mol. The second kappa shape index (κ2) is 9.12. The third-order valence-corrected chi connectivity index (χ3v) is 5.72. The highest BCUT2D eigenvalue weighted by Gasteiger charge is 2.37. The molecule has 3 rings (SSSR count). The molecule has 2 aromatic rings. The molecule has 1 saturated heterocycles. The van der Waals surface area contributed by atoms with Crippen molar-refractivity contribution < 1.29 is 9.59 Å². The van der Waals surface area contributed by atoms with Gasteiger partial charge in [0, 0.05) is 49.7 Å². The van der Waals surface area contributed by atoms with Crippen molar-refractivity contribution in [3.05, 3.63) is 54.1 Å². The zero-order valence-corrected chi connectivity index (χ0v) is 17.9. The summed E-state index contributed by atoms with van der Waals surface area (Å²) in [5, 5.41) is 0. The number of hydrogen-bond acceptors (Lipinski definition) is 3. The Hall–Kier alpha value is -2.82. The Balaban J connectivity index is 1.79. The van der Waals surface area contributed by atoms with Gasteiger partial charge in [0.1, 0.15) is 0 Å². The topological polar surface area (TPSA) is 43.9 Å². The molecule has 1 aliphatic heterocycles. The average molecular weight is 394 g/mol. The summed E-state index contributed by atoms with van der Waals surface area (Å²) < 4.78 is 0. The highest BCUT2D eigenvalue weighted by Crippen LogP contribution is 2.32. The summed E-state index contributed by atoms with van der Waals surface area (Å²) in [4.78, 5) is 31.8. The van der Waals surface area contributed by atoms with Crippen molar-refractivity contribution in [2.24, 2.45) is 5.92 Å². The Morgan fingerprint density at radius 3 is 2.28 bits per heavy atom. The van der Waals surface area contributed by atoms with Crippen LogP contribution in [0.4, 0.5) is 17.1 Å². The van der Waals surface area contributed by atoms with Crippen LogP contribution in [-0.2, 0) is 9.59 Å². The van der Waals surface area contributed by atoms with Crippen LogP contribution in [0.3, 0.4) is 0 Å². The SMILES string of the molecule is CCN(CC)c1ccc(N2CC(C(=O)N(CC)c3ccccc3)CC2=O)c(C)c1. The van der Waals surface area contributed by atoms with Crippen LogP contribution in [0.25, 0.3) is 0 Å². The van der Waals surface area contributed by atoms with E-state index in [1.165, 1.54) is 0 Å². The lowest BCUT2D eigenvalue weighted by atomic mass is 10.1. The number of anilines is 3. The van der Waals surface area contributed by atoms with Gasteiger partial charge in [0.05, 0.1) is 5.92 Å². The summed E-state index contributed by atoms with van der Waals surface area (Å²) >= 11 is 0. The van der Waals surface area contributed by atoms with E-state index in [2.05, 4.69) is 30.9 Å². The molecule has 29 heavy (non-hydrogen) atoms. The van der Waals surface area contributed by atoms with Crippen molar-refractivity contribution in [3.8, 4) is 0 Å². The summed E-state index contributed by atoms with van der Waals surface area (Å²) in [5.74, 6) is -0.275. The van der Waals surface area contributed by atoms with Gasteiger partial charge in [-0.15, -0.1) is 0 Å². The van der Waals surface area contributed by atoms with E-state index in [-0.39, 0.29) is 24.2 Å². The summed E-state index contributed by atoms with van der Waals surface area (Å²) in [7, 11) is 0. The van der Waals surface area contributed by atoms with Crippen LogP contribution >= 0.6 is 0 Å². The van der Waals surface area contributed by atoms with Gasteiger partial charge >= 0.3 is 0 Å². The van der Waals surface area contributed by atoms with E-state index >= 15 is 0 Å². The van der Waals surface area contributed by atoms with Gasteiger partial charge in [-0.3, -0.25) is 9.59 Å². The number of para-hydroxylation sites is 1. The smallest absolute Gasteiger partial charge is 0.232 e. The molecule has 1 heterocycles. The van der Waals surface area contributed by atoms with E-state index in [4.69, 9.17) is 0 Å². The first-order chi connectivity index (χ1) is 14.0. The molecule has 1 fully saturated rings. The van der Waals surface area contributed by atoms with Gasteiger partial charge in [-0.2, -0.15) is 0 Å². The number of amides is 2. The minimum Gasteiger partial charge on any atom is -0.372 e. The molecule has 0 saturated carbocycles. The van der Waals surface area contributed by atoms with E-state index in [0.29, 0.717) is 13.1 Å². The molecular formula is C24H31N3O2. The van der Waals surface area contributed by atoms with E-state index < -0.39 is 0 Å². The van der Waals surface area contributed by atoms with Crippen LogP contribution in [0.5, 0.6) is 0 Å². The first-order valence-electron chi connectivity index (χ1n) is 10.5. The van der Waals surface area contributed by atoms with Gasteiger partial charge < -0.3 is 14.7 Å². The predicted molar refractivity (Wildman–Crippen MR) is 120 cm³/mol. The van der Waals surface area contributed by atoms with Crippen LogP contribution in [0.2, 0.25) is 0 Å². The first-order valence-corrected chi connectivity index (χ1v) is 10.5. The molecule has 1 aliphatic rings. The largest absolute Gasteiger partial charge is 0.372 e. The number of carbonyl (C=O) groups is 2. The standard InChI is InChI=1S/C24H31N3O2/c1-5-25(6-2)21-13-14-22(18(4)15-21)27-17-19(16-23(27)28)24(29)26(7-3)20-11-9-8-10-12-20/h8-15,19H,5-7,16-17H2,1-4H3. The van der Waals surface area contributed by atoms with Crippen molar-refractivity contribution in [2.45, 2.75) is 34.1 Å². The van der Waals surface area contributed by atoms with Crippen LogP contribution < -0.4 is 14.7 Å². The maximum Gasteiger partial charge on any atom is 0.232 e. The van der Waals surface area contributed by atoms with E-state index in [0.717, 1.165) is 35.7 Å². The zero-order valence-electron chi connectivity index (χ0n) is 17.9. The molecule has 0 bridgehead atoms. The Morgan fingerprint density at radius 2 is 1.69 bits per heavy atom. The minimum absolute atomic E-state index is 0.0196. The van der Waals surface area contributed by atoms with Crippen LogP contribution in [0.1, 0.15) is 32.8 Å². The fraction of sp³-hybridized carbons (Fsp3) is 0.417. The van der Waals surface area contributed by atoms with Crippen LogP contribution in [0.15, 0.2) is 48.5 Å². The molecule has 0 N–H and O–H groups in total. The van der Waals surface area contributed by atoms with Crippen LogP contribution in [0, 0.1) is 12.8 Å². The number of rotatable bonds is 7. The molecule has 0 aromatic heterocycles. The molecule has 154 valence electrons. The van der Waals surface area contributed by atoms with Gasteiger partial charge in [0.25, 0.3) is 0 Å².